The molecule has 0 spiro atoms. The predicted octanol–water partition coefficient (Wildman–Crippen LogP) is 2.94. The van der Waals surface area contributed by atoms with Gasteiger partial charge in [0.25, 0.3) is 0 Å². The molecule has 1 aliphatic rings. The number of aryl methyl sites for hydroxylation is 2. The molecule has 162 valence electrons. The molecule has 0 amide bonds. The minimum atomic E-state index is -0.0342. The van der Waals surface area contributed by atoms with Gasteiger partial charge in [-0.1, -0.05) is 0 Å². The van der Waals surface area contributed by atoms with Crippen molar-refractivity contribution in [3.05, 3.63) is 52.3 Å². The second-order valence-electron chi connectivity index (χ2n) is 8.51. The van der Waals surface area contributed by atoms with Gasteiger partial charge in [-0.05, 0) is 68.1 Å². The number of fused-ring (bicyclic) bond motifs is 2. The normalized spacial score (nSPS) is 17.7. The standard InChI is InChI=1S/C23H28N6O2/c1-15-10-21-20(11-19(15)17-9-16(2)22-24-14-25-28(22)12-17)26-23(30)29(21)18-5-4-6-27(13-18)7-8-31-3/h9-12,14,18H,4-8,13H2,1-3H3,(H,26,30)/t18-/m1/s1. The van der Waals surface area contributed by atoms with E-state index in [0.29, 0.717) is 6.61 Å². The van der Waals surface area contributed by atoms with Gasteiger partial charge in [0.15, 0.2) is 5.65 Å². The monoisotopic (exact) mass is 420 g/mol. The first-order valence-electron chi connectivity index (χ1n) is 10.8. The molecule has 3 aromatic heterocycles. The Hall–Kier alpha value is -2.97. The van der Waals surface area contributed by atoms with Crippen LogP contribution in [0.15, 0.2) is 35.5 Å². The number of aromatic amines is 1. The Labute approximate surface area is 180 Å². The molecule has 1 aromatic carbocycles. The summed E-state index contributed by atoms with van der Waals surface area (Å²) in [5, 5.41) is 4.30. The van der Waals surface area contributed by atoms with Crippen LogP contribution in [0.5, 0.6) is 0 Å². The predicted molar refractivity (Wildman–Crippen MR) is 121 cm³/mol. The summed E-state index contributed by atoms with van der Waals surface area (Å²) in [6, 6.07) is 6.52. The molecule has 4 heterocycles. The van der Waals surface area contributed by atoms with Gasteiger partial charge in [0.05, 0.1) is 23.7 Å². The number of nitrogens with one attached hydrogen (secondary N) is 1. The minimum Gasteiger partial charge on any atom is -0.383 e. The highest BCUT2D eigenvalue weighted by Crippen LogP contribution is 2.31. The highest BCUT2D eigenvalue weighted by Gasteiger charge is 2.24. The lowest BCUT2D eigenvalue weighted by molar-refractivity contribution is 0.117. The molecule has 0 unspecified atom stereocenters. The summed E-state index contributed by atoms with van der Waals surface area (Å²) in [6.45, 7) is 7.69. The van der Waals surface area contributed by atoms with E-state index in [0.717, 1.165) is 71.4 Å². The van der Waals surface area contributed by atoms with Crippen LogP contribution in [0.1, 0.15) is 30.0 Å². The number of methoxy groups -OCH3 is 1. The van der Waals surface area contributed by atoms with Crippen molar-refractivity contribution >= 4 is 16.7 Å². The third-order valence-electron chi connectivity index (χ3n) is 6.39. The van der Waals surface area contributed by atoms with Crippen LogP contribution in [0.2, 0.25) is 0 Å². The SMILES string of the molecule is COCCN1CCC[C@@H](n2c(=O)[nH]c3cc(-c4cc(C)c5ncnn5c4)c(C)cc32)C1. The molecule has 1 N–H and O–H groups in total. The number of aromatic nitrogens is 5. The van der Waals surface area contributed by atoms with Crippen molar-refractivity contribution in [2.75, 3.05) is 33.4 Å². The first kappa shape index (κ1) is 20.0. The van der Waals surface area contributed by atoms with E-state index in [1.54, 1.807) is 18.0 Å². The average molecular weight is 421 g/mol. The third-order valence-corrected chi connectivity index (χ3v) is 6.39. The van der Waals surface area contributed by atoms with Gasteiger partial charge in [-0.2, -0.15) is 5.10 Å². The van der Waals surface area contributed by atoms with E-state index < -0.39 is 0 Å². The van der Waals surface area contributed by atoms with Crippen LogP contribution in [-0.2, 0) is 4.74 Å². The lowest BCUT2D eigenvalue weighted by atomic mass is 9.99. The van der Waals surface area contributed by atoms with E-state index in [9.17, 15) is 4.79 Å². The van der Waals surface area contributed by atoms with Crippen molar-refractivity contribution in [1.82, 2.24) is 29.0 Å². The highest BCUT2D eigenvalue weighted by atomic mass is 16.5. The van der Waals surface area contributed by atoms with Crippen molar-refractivity contribution in [2.24, 2.45) is 0 Å². The van der Waals surface area contributed by atoms with Crippen molar-refractivity contribution in [3.63, 3.8) is 0 Å². The number of hydrogen-bond donors (Lipinski definition) is 1. The number of benzene rings is 1. The molecule has 0 saturated carbocycles. The van der Waals surface area contributed by atoms with Crippen LogP contribution < -0.4 is 5.69 Å². The van der Waals surface area contributed by atoms with Crippen LogP contribution in [0, 0.1) is 13.8 Å². The van der Waals surface area contributed by atoms with Crippen LogP contribution >= 0.6 is 0 Å². The Morgan fingerprint density at radius 3 is 2.94 bits per heavy atom. The lowest BCUT2D eigenvalue weighted by Crippen LogP contribution is -2.40. The van der Waals surface area contributed by atoms with Crippen molar-refractivity contribution in [2.45, 2.75) is 32.7 Å². The molecule has 0 bridgehead atoms. The lowest BCUT2D eigenvalue weighted by Gasteiger charge is -2.33. The summed E-state index contributed by atoms with van der Waals surface area (Å²) in [5.41, 5.74) is 7.02. The number of likely N-dealkylation sites (tertiary alicyclic amines) is 1. The fourth-order valence-electron chi connectivity index (χ4n) is 4.86. The van der Waals surface area contributed by atoms with Gasteiger partial charge in [-0.25, -0.2) is 14.3 Å². The van der Waals surface area contributed by atoms with Gasteiger partial charge in [0.2, 0.25) is 0 Å². The molecule has 1 fully saturated rings. The molecule has 0 aliphatic carbocycles. The van der Waals surface area contributed by atoms with Gasteiger partial charge in [-0.15, -0.1) is 0 Å². The molecule has 1 aliphatic heterocycles. The van der Waals surface area contributed by atoms with Crippen LogP contribution in [-0.4, -0.2) is 62.4 Å². The van der Waals surface area contributed by atoms with E-state index >= 15 is 0 Å². The van der Waals surface area contributed by atoms with Crippen molar-refractivity contribution < 1.29 is 4.74 Å². The minimum absolute atomic E-state index is 0.0342. The molecule has 0 radical (unpaired) electrons. The molecule has 8 nitrogen and oxygen atoms in total. The molecule has 1 saturated heterocycles. The summed E-state index contributed by atoms with van der Waals surface area (Å²) in [5.74, 6) is 0. The fourth-order valence-corrected chi connectivity index (χ4v) is 4.86. The second kappa shape index (κ2) is 7.94. The number of pyridine rings is 1. The maximum absolute atomic E-state index is 13.0. The maximum atomic E-state index is 13.0. The van der Waals surface area contributed by atoms with Crippen LogP contribution in [0.3, 0.4) is 0 Å². The number of imidazole rings is 1. The number of nitrogens with zero attached hydrogens (tertiary/aromatic N) is 5. The molecule has 31 heavy (non-hydrogen) atoms. The maximum Gasteiger partial charge on any atom is 0.326 e. The third kappa shape index (κ3) is 3.55. The quantitative estimate of drug-likeness (QED) is 0.537. The fraction of sp³-hybridized carbons (Fsp3) is 0.435. The van der Waals surface area contributed by atoms with Gasteiger partial charge >= 0.3 is 5.69 Å². The first-order chi connectivity index (χ1) is 15.0. The number of piperidine rings is 1. The van der Waals surface area contributed by atoms with Gasteiger partial charge in [-0.3, -0.25) is 9.47 Å². The van der Waals surface area contributed by atoms with E-state index in [-0.39, 0.29) is 11.7 Å². The summed E-state index contributed by atoms with van der Waals surface area (Å²) in [6.07, 6.45) is 5.66. The Balaban J connectivity index is 1.55. The van der Waals surface area contributed by atoms with Gasteiger partial charge in [0.1, 0.15) is 6.33 Å². The Morgan fingerprint density at radius 2 is 2.10 bits per heavy atom. The Kier molecular flexibility index (Phi) is 5.11. The topological polar surface area (TPSA) is 80.4 Å². The van der Waals surface area contributed by atoms with Crippen LogP contribution in [0.25, 0.3) is 27.8 Å². The van der Waals surface area contributed by atoms with E-state index in [4.69, 9.17) is 4.74 Å². The van der Waals surface area contributed by atoms with Gasteiger partial charge < -0.3 is 9.72 Å². The zero-order valence-corrected chi connectivity index (χ0v) is 18.3. The Morgan fingerprint density at radius 1 is 1.23 bits per heavy atom. The van der Waals surface area contributed by atoms with E-state index in [1.165, 1.54) is 0 Å². The van der Waals surface area contributed by atoms with Crippen LogP contribution in [0.4, 0.5) is 0 Å². The smallest absolute Gasteiger partial charge is 0.326 e. The van der Waals surface area contributed by atoms with Crippen molar-refractivity contribution in [1.29, 1.82) is 0 Å². The number of H-pyrrole nitrogens is 1. The van der Waals surface area contributed by atoms with Crippen molar-refractivity contribution in [3.8, 4) is 11.1 Å². The first-order valence-corrected chi connectivity index (χ1v) is 10.8. The number of rotatable bonds is 5. The van der Waals surface area contributed by atoms with E-state index in [1.807, 2.05) is 17.7 Å². The summed E-state index contributed by atoms with van der Waals surface area (Å²) in [7, 11) is 1.73. The summed E-state index contributed by atoms with van der Waals surface area (Å²) >= 11 is 0. The number of hydrogen-bond acceptors (Lipinski definition) is 5. The summed E-state index contributed by atoms with van der Waals surface area (Å²) < 4.78 is 9.00. The average Bonchev–Trinajstić information content (AvgIpc) is 3.35. The molecule has 1 atom stereocenters. The molecule has 8 heteroatoms. The molecule has 4 aromatic rings. The van der Waals surface area contributed by atoms with Gasteiger partial charge in [0, 0.05) is 32.0 Å². The van der Waals surface area contributed by atoms with E-state index in [2.05, 4.69) is 45.1 Å². The molecular formula is C23H28N6O2. The Bertz CT molecular complexity index is 1300. The zero-order chi connectivity index (χ0) is 21.5. The largest absolute Gasteiger partial charge is 0.383 e. The number of ether oxygens (including phenoxy) is 1. The summed E-state index contributed by atoms with van der Waals surface area (Å²) in [4.78, 5) is 22.7. The molecular weight excluding hydrogens is 392 g/mol. The second-order valence-corrected chi connectivity index (χ2v) is 8.51. The molecule has 5 rings (SSSR count). The highest BCUT2D eigenvalue weighted by molar-refractivity contribution is 5.84. The zero-order valence-electron chi connectivity index (χ0n) is 18.3.